The van der Waals surface area contributed by atoms with E-state index >= 15 is 0 Å². The minimum absolute atomic E-state index is 0.146. The van der Waals surface area contributed by atoms with Gasteiger partial charge in [-0.15, -0.1) is 0 Å². The lowest BCUT2D eigenvalue weighted by Gasteiger charge is -2.30. The summed E-state index contributed by atoms with van der Waals surface area (Å²) in [5.41, 5.74) is 0. The Morgan fingerprint density at radius 1 is 1.28 bits per heavy atom. The molecule has 2 unspecified atom stereocenters. The van der Waals surface area contributed by atoms with E-state index in [9.17, 15) is 9.59 Å². The Labute approximate surface area is 110 Å². The molecule has 2 atom stereocenters. The van der Waals surface area contributed by atoms with Crippen molar-refractivity contribution in [2.45, 2.75) is 52.6 Å². The first-order valence-electron chi connectivity index (χ1n) is 6.54. The number of carbonyl (C=O) groups excluding carboxylic acids is 1. The Hall–Kier alpha value is -1.10. The largest absolute Gasteiger partial charge is 0.480 e. The second kappa shape index (κ2) is 8.08. The maximum Gasteiger partial charge on any atom is 0.325 e. The summed E-state index contributed by atoms with van der Waals surface area (Å²) in [4.78, 5) is 24.8. The quantitative estimate of drug-likeness (QED) is 0.689. The van der Waals surface area contributed by atoms with Crippen molar-refractivity contribution in [3.63, 3.8) is 0 Å². The number of nitrogens with zero attached hydrogens (tertiary/aromatic N) is 1. The van der Waals surface area contributed by atoms with Crippen LogP contribution in [0.2, 0.25) is 0 Å². The van der Waals surface area contributed by atoms with Crippen LogP contribution in [0.1, 0.15) is 40.5 Å². The molecule has 0 bridgehead atoms. The number of aliphatic carboxylic acids is 1. The summed E-state index contributed by atoms with van der Waals surface area (Å²) in [5.74, 6) is -1.08. The first kappa shape index (κ1) is 16.9. The molecule has 5 heteroatoms. The average molecular weight is 258 g/mol. The Morgan fingerprint density at radius 3 is 2.22 bits per heavy atom. The zero-order valence-corrected chi connectivity index (χ0v) is 12.1. The second-order valence-corrected chi connectivity index (χ2v) is 5.09. The van der Waals surface area contributed by atoms with Crippen molar-refractivity contribution >= 4 is 11.9 Å². The second-order valence-electron chi connectivity index (χ2n) is 5.09. The van der Waals surface area contributed by atoms with E-state index in [4.69, 9.17) is 5.11 Å². The number of nitrogens with one attached hydrogen (secondary N) is 1. The summed E-state index contributed by atoms with van der Waals surface area (Å²) in [6.07, 6.45) is 2.10. The fraction of sp³-hybridized carbons (Fsp3) is 0.846. The van der Waals surface area contributed by atoms with Gasteiger partial charge in [0.05, 0.1) is 6.04 Å². The maximum absolute atomic E-state index is 12.1. The van der Waals surface area contributed by atoms with Crippen LogP contribution in [0.25, 0.3) is 0 Å². The van der Waals surface area contributed by atoms with Crippen LogP contribution in [0.3, 0.4) is 0 Å². The van der Waals surface area contributed by atoms with Gasteiger partial charge < -0.3 is 10.4 Å². The third-order valence-corrected chi connectivity index (χ3v) is 2.97. The van der Waals surface area contributed by atoms with Crippen molar-refractivity contribution in [2.24, 2.45) is 5.92 Å². The number of amides is 1. The number of likely N-dealkylation sites (N-methyl/N-ethyl adjacent to an activating group) is 1. The van der Waals surface area contributed by atoms with Crippen LogP contribution in [0, 0.1) is 5.92 Å². The normalized spacial score (nSPS) is 14.6. The van der Waals surface area contributed by atoms with Crippen molar-refractivity contribution in [3.8, 4) is 0 Å². The molecule has 0 aliphatic rings. The summed E-state index contributed by atoms with van der Waals surface area (Å²) >= 11 is 0. The van der Waals surface area contributed by atoms with Crippen LogP contribution in [0.5, 0.6) is 0 Å². The smallest absolute Gasteiger partial charge is 0.325 e. The van der Waals surface area contributed by atoms with Crippen LogP contribution < -0.4 is 5.32 Å². The zero-order valence-electron chi connectivity index (χ0n) is 12.1. The van der Waals surface area contributed by atoms with E-state index in [1.807, 2.05) is 25.8 Å². The summed E-state index contributed by atoms with van der Waals surface area (Å²) in [6, 6.07) is -1.13. The summed E-state index contributed by atoms with van der Waals surface area (Å²) in [7, 11) is 1.91. The van der Waals surface area contributed by atoms with Crippen molar-refractivity contribution < 1.29 is 14.7 Å². The third-order valence-electron chi connectivity index (χ3n) is 2.97. The van der Waals surface area contributed by atoms with Crippen LogP contribution in [0.15, 0.2) is 0 Å². The third kappa shape index (κ3) is 5.49. The molecule has 0 radical (unpaired) electrons. The zero-order chi connectivity index (χ0) is 14.3. The highest BCUT2D eigenvalue weighted by molar-refractivity contribution is 5.86. The van der Waals surface area contributed by atoms with E-state index in [1.165, 1.54) is 6.92 Å². The minimum atomic E-state index is -1.01. The van der Waals surface area contributed by atoms with Crippen LogP contribution in [-0.4, -0.2) is 47.6 Å². The topological polar surface area (TPSA) is 69.6 Å². The summed E-state index contributed by atoms with van der Waals surface area (Å²) < 4.78 is 0. The Kier molecular flexibility index (Phi) is 7.59. The van der Waals surface area contributed by atoms with E-state index < -0.39 is 12.0 Å². The number of rotatable bonds is 8. The fourth-order valence-corrected chi connectivity index (χ4v) is 1.92. The molecule has 0 aliphatic carbocycles. The van der Waals surface area contributed by atoms with E-state index in [2.05, 4.69) is 12.2 Å². The highest BCUT2D eigenvalue weighted by Crippen LogP contribution is 2.10. The van der Waals surface area contributed by atoms with Crippen LogP contribution in [0.4, 0.5) is 0 Å². The van der Waals surface area contributed by atoms with E-state index in [-0.39, 0.29) is 17.9 Å². The Bertz CT molecular complexity index is 279. The van der Waals surface area contributed by atoms with Crippen molar-refractivity contribution in [3.05, 3.63) is 0 Å². The standard InChI is InChI=1S/C13H26N2O3/c1-6-7-8-15(5)11(9(2)3)12(16)14-10(4)13(17)18/h9-11H,6-8H2,1-5H3,(H,14,16)(H,17,18). The van der Waals surface area contributed by atoms with Gasteiger partial charge in [-0.05, 0) is 32.9 Å². The Morgan fingerprint density at radius 2 is 1.83 bits per heavy atom. The van der Waals surface area contributed by atoms with Crippen LogP contribution >= 0.6 is 0 Å². The molecule has 0 aromatic rings. The van der Waals surface area contributed by atoms with Gasteiger partial charge in [-0.3, -0.25) is 14.5 Å². The number of unbranched alkanes of at least 4 members (excludes halogenated alkanes) is 1. The van der Waals surface area contributed by atoms with Gasteiger partial charge >= 0.3 is 5.97 Å². The van der Waals surface area contributed by atoms with Gasteiger partial charge in [0.2, 0.25) is 5.91 Å². The number of carboxylic acid groups (broad SMARTS) is 1. The van der Waals surface area contributed by atoms with Gasteiger partial charge in [-0.2, -0.15) is 0 Å². The molecule has 0 heterocycles. The van der Waals surface area contributed by atoms with E-state index in [0.717, 1.165) is 19.4 Å². The van der Waals surface area contributed by atoms with Gasteiger partial charge in [-0.1, -0.05) is 27.2 Å². The van der Waals surface area contributed by atoms with E-state index in [0.29, 0.717) is 0 Å². The summed E-state index contributed by atoms with van der Waals surface area (Å²) in [6.45, 7) is 8.36. The SMILES string of the molecule is CCCCN(C)C(C(=O)NC(C)C(=O)O)C(C)C. The first-order chi connectivity index (χ1) is 8.31. The molecule has 0 aromatic heterocycles. The van der Waals surface area contributed by atoms with Crippen molar-refractivity contribution in [2.75, 3.05) is 13.6 Å². The lowest BCUT2D eigenvalue weighted by Crippen LogP contribution is -2.52. The average Bonchev–Trinajstić information content (AvgIpc) is 2.25. The predicted molar refractivity (Wildman–Crippen MR) is 71.4 cm³/mol. The molecule has 0 fully saturated rings. The lowest BCUT2D eigenvalue weighted by atomic mass is 10.0. The predicted octanol–water partition coefficient (Wildman–Crippen LogP) is 1.33. The molecule has 0 saturated carbocycles. The molecule has 0 rings (SSSR count). The molecule has 2 N–H and O–H groups in total. The molecule has 0 aromatic carbocycles. The van der Waals surface area contributed by atoms with Crippen LogP contribution in [-0.2, 0) is 9.59 Å². The molecule has 0 aliphatic heterocycles. The van der Waals surface area contributed by atoms with Gasteiger partial charge in [0.15, 0.2) is 0 Å². The molecular weight excluding hydrogens is 232 g/mol. The van der Waals surface area contributed by atoms with Gasteiger partial charge in [0, 0.05) is 0 Å². The number of hydrogen-bond acceptors (Lipinski definition) is 3. The molecule has 106 valence electrons. The fourth-order valence-electron chi connectivity index (χ4n) is 1.92. The first-order valence-corrected chi connectivity index (χ1v) is 6.54. The molecule has 0 spiro atoms. The summed E-state index contributed by atoms with van der Waals surface area (Å²) in [5, 5.41) is 11.3. The number of carboxylic acids is 1. The monoisotopic (exact) mass is 258 g/mol. The highest BCUT2D eigenvalue weighted by Gasteiger charge is 2.28. The van der Waals surface area contributed by atoms with E-state index in [1.54, 1.807) is 0 Å². The maximum atomic E-state index is 12.1. The van der Waals surface area contributed by atoms with Crippen molar-refractivity contribution in [1.82, 2.24) is 10.2 Å². The molecule has 5 nitrogen and oxygen atoms in total. The molecule has 0 saturated heterocycles. The molecule has 1 amide bonds. The van der Waals surface area contributed by atoms with Gasteiger partial charge in [-0.25, -0.2) is 0 Å². The molecular formula is C13H26N2O3. The van der Waals surface area contributed by atoms with Crippen molar-refractivity contribution in [1.29, 1.82) is 0 Å². The van der Waals surface area contributed by atoms with Gasteiger partial charge in [0.1, 0.15) is 6.04 Å². The van der Waals surface area contributed by atoms with Gasteiger partial charge in [0.25, 0.3) is 0 Å². The lowest BCUT2D eigenvalue weighted by molar-refractivity contribution is -0.142. The highest BCUT2D eigenvalue weighted by atomic mass is 16.4. The number of hydrogen-bond donors (Lipinski definition) is 2. The molecule has 18 heavy (non-hydrogen) atoms. The minimum Gasteiger partial charge on any atom is -0.480 e. The Balaban J connectivity index is 4.58. The number of carbonyl (C=O) groups is 2.